The highest BCUT2D eigenvalue weighted by Crippen LogP contribution is 2.47. The maximum absolute atomic E-state index is 13.5. The summed E-state index contributed by atoms with van der Waals surface area (Å²) < 4.78 is 10.4. The van der Waals surface area contributed by atoms with E-state index in [1.165, 1.54) is 18.4 Å². The predicted octanol–water partition coefficient (Wildman–Crippen LogP) is 3.62. The van der Waals surface area contributed by atoms with Crippen LogP contribution < -0.4 is 5.32 Å². The number of ketones is 1. The molecule has 0 fully saturated rings. The Bertz CT molecular complexity index is 923. The van der Waals surface area contributed by atoms with E-state index < -0.39 is 23.8 Å². The number of hydrogen-bond donors (Lipinski definition) is 1. The van der Waals surface area contributed by atoms with Crippen molar-refractivity contribution in [3.05, 3.63) is 44.4 Å². The number of nitrogens with one attached hydrogen (secondary N) is 1. The third kappa shape index (κ3) is 3.88. The van der Waals surface area contributed by atoms with Gasteiger partial charge in [-0.05, 0) is 52.2 Å². The topological polar surface area (TPSA) is 81.7 Å². The first-order chi connectivity index (χ1) is 13.6. The van der Waals surface area contributed by atoms with E-state index in [4.69, 9.17) is 9.47 Å². The molecule has 2 aliphatic rings. The van der Waals surface area contributed by atoms with Crippen LogP contribution in [0, 0.1) is 18.8 Å². The molecule has 1 aromatic heterocycles. The Kier molecular flexibility index (Phi) is 5.98. The molecule has 0 aromatic carbocycles. The fraction of sp³-hybridized carbons (Fsp3) is 0.500. The highest BCUT2D eigenvalue weighted by molar-refractivity contribution is 7.12. The van der Waals surface area contributed by atoms with E-state index in [1.807, 2.05) is 32.9 Å². The summed E-state index contributed by atoms with van der Waals surface area (Å²) >= 11 is 1.54. The Balaban J connectivity index is 2.15. The van der Waals surface area contributed by atoms with Gasteiger partial charge in [0, 0.05) is 26.7 Å². The zero-order valence-electron chi connectivity index (χ0n) is 17.6. The molecule has 1 aliphatic heterocycles. The number of methoxy groups -OCH3 is 1. The Morgan fingerprint density at radius 1 is 1.24 bits per heavy atom. The van der Waals surface area contributed by atoms with Gasteiger partial charge in [0.2, 0.25) is 0 Å². The lowest BCUT2D eigenvalue weighted by atomic mass is 9.70. The van der Waals surface area contributed by atoms with Crippen LogP contribution in [0.3, 0.4) is 0 Å². The minimum absolute atomic E-state index is 0.191. The monoisotopic (exact) mass is 417 g/mol. The van der Waals surface area contributed by atoms with E-state index in [9.17, 15) is 14.4 Å². The fourth-order valence-corrected chi connectivity index (χ4v) is 5.12. The molecule has 3 atom stereocenters. The van der Waals surface area contributed by atoms with Crippen LogP contribution in [0.1, 0.15) is 49.8 Å². The summed E-state index contributed by atoms with van der Waals surface area (Å²) in [6.45, 7) is 9.27. The molecule has 0 saturated carbocycles. The number of allylic oxidation sites excluding steroid dienone is 3. The van der Waals surface area contributed by atoms with Crippen molar-refractivity contribution in [1.82, 2.24) is 5.32 Å². The minimum atomic E-state index is -0.870. The van der Waals surface area contributed by atoms with Crippen LogP contribution in [0.25, 0.3) is 0 Å². The van der Waals surface area contributed by atoms with Gasteiger partial charge in [-0.15, -0.1) is 11.3 Å². The molecule has 0 saturated heterocycles. The summed E-state index contributed by atoms with van der Waals surface area (Å²) in [5, 5.41) is 3.26. The highest BCUT2D eigenvalue weighted by Gasteiger charge is 2.47. The minimum Gasteiger partial charge on any atom is -0.468 e. The molecule has 2 heterocycles. The van der Waals surface area contributed by atoms with Gasteiger partial charge < -0.3 is 14.8 Å². The largest absolute Gasteiger partial charge is 0.468 e. The normalized spacial score (nSPS) is 24.4. The second kappa shape index (κ2) is 8.14. The molecule has 156 valence electrons. The number of rotatable bonds is 4. The number of esters is 2. The Morgan fingerprint density at radius 3 is 2.48 bits per heavy atom. The molecular weight excluding hydrogens is 390 g/mol. The zero-order chi connectivity index (χ0) is 21.5. The molecule has 1 aromatic rings. The van der Waals surface area contributed by atoms with Crippen LogP contribution in [0.2, 0.25) is 0 Å². The summed E-state index contributed by atoms with van der Waals surface area (Å²) in [5.41, 5.74) is 2.35. The summed E-state index contributed by atoms with van der Waals surface area (Å²) in [6.07, 6.45) is 0.250. The molecule has 1 N–H and O–H groups in total. The summed E-state index contributed by atoms with van der Waals surface area (Å²) in [5.74, 6) is -2.88. The molecule has 0 amide bonds. The summed E-state index contributed by atoms with van der Waals surface area (Å²) in [6, 6.07) is 3.91. The summed E-state index contributed by atoms with van der Waals surface area (Å²) in [7, 11) is 1.29. The van der Waals surface area contributed by atoms with Crippen molar-refractivity contribution in [2.24, 2.45) is 11.8 Å². The van der Waals surface area contributed by atoms with Crippen molar-refractivity contribution in [3.63, 3.8) is 0 Å². The average Bonchev–Trinajstić information content (AvgIpc) is 3.05. The van der Waals surface area contributed by atoms with E-state index in [-0.39, 0.29) is 17.8 Å². The van der Waals surface area contributed by atoms with Crippen molar-refractivity contribution in [2.45, 2.75) is 53.1 Å². The highest BCUT2D eigenvalue weighted by atomic mass is 32.1. The van der Waals surface area contributed by atoms with Crippen molar-refractivity contribution in [1.29, 1.82) is 0 Å². The molecule has 0 unspecified atom stereocenters. The molecule has 0 radical (unpaired) electrons. The van der Waals surface area contributed by atoms with Gasteiger partial charge in [-0.3, -0.25) is 9.59 Å². The number of hydrogen-bond acceptors (Lipinski definition) is 7. The number of ether oxygens (including phenoxy) is 2. The summed E-state index contributed by atoms with van der Waals surface area (Å²) in [4.78, 5) is 40.8. The Labute approximate surface area is 175 Å². The molecule has 7 heteroatoms. The lowest BCUT2D eigenvalue weighted by Gasteiger charge is -2.37. The molecule has 0 spiro atoms. The number of carbonyl (C=O) groups excluding carboxylic acids is 3. The smallest absolute Gasteiger partial charge is 0.337 e. The number of Topliss-reactive ketones (excluding diaryl/α,β-unsaturated/α-hetero) is 1. The van der Waals surface area contributed by atoms with Gasteiger partial charge in [0.05, 0.1) is 24.7 Å². The fourth-order valence-electron chi connectivity index (χ4n) is 4.12. The maximum Gasteiger partial charge on any atom is 0.337 e. The lowest BCUT2D eigenvalue weighted by Crippen LogP contribution is -2.43. The maximum atomic E-state index is 13.5. The van der Waals surface area contributed by atoms with Gasteiger partial charge in [0.25, 0.3) is 0 Å². The van der Waals surface area contributed by atoms with E-state index in [0.29, 0.717) is 23.3 Å². The quantitative estimate of drug-likeness (QED) is 0.595. The van der Waals surface area contributed by atoms with E-state index in [1.54, 1.807) is 13.8 Å². The second-order valence-electron chi connectivity index (χ2n) is 7.94. The van der Waals surface area contributed by atoms with Crippen molar-refractivity contribution in [3.8, 4) is 0 Å². The second-order valence-corrected chi connectivity index (χ2v) is 9.26. The van der Waals surface area contributed by atoms with Gasteiger partial charge >= 0.3 is 11.9 Å². The van der Waals surface area contributed by atoms with Crippen molar-refractivity contribution < 1.29 is 23.9 Å². The van der Waals surface area contributed by atoms with Crippen LogP contribution in [0.4, 0.5) is 0 Å². The van der Waals surface area contributed by atoms with Gasteiger partial charge in [0.15, 0.2) is 5.78 Å². The molecule has 0 bridgehead atoms. The van der Waals surface area contributed by atoms with Crippen LogP contribution in [0.15, 0.2) is 34.7 Å². The molecule has 29 heavy (non-hydrogen) atoms. The lowest BCUT2D eigenvalue weighted by molar-refractivity contribution is -0.151. The van der Waals surface area contributed by atoms with Crippen molar-refractivity contribution in [2.75, 3.05) is 7.11 Å². The van der Waals surface area contributed by atoms with Crippen LogP contribution in [-0.2, 0) is 23.9 Å². The third-order valence-electron chi connectivity index (χ3n) is 5.35. The van der Waals surface area contributed by atoms with E-state index in [2.05, 4.69) is 5.32 Å². The zero-order valence-corrected chi connectivity index (χ0v) is 18.4. The van der Waals surface area contributed by atoms with Gasteiger partial charge in [0.1, 0.15) is 5.92 Å². The van der Waals surface area contributed by atoms with Gasteiger partial charge in [-0.2, -0.15) is 0 Å². The predicted molar refractivity (Wildman–Crippen MR) is 110 cm³/mol. The molecular formula is C22H27NO5S. The van der Waals surface area contributed by atoms with Gasteiger partial charge in [-0.25, -0.2) is 4.79 Å². The van der Waals surface area contributed by atoms with Crippen LogP contribution >= 0.6 is 11.3 Å². The number of dihydropyridines is 1. The van der Waals surface area contributed by atoms with Crippen LogP contribution in [-0.4, -0.2) is 30.9 Å². The third-order valence-corrected chi connectivity index (χ3v) is 6.42. The first-order valence-electron chi connectivity index (χ1n) is 9.75. The van der Waals surface area contributed by atoms with E-state index in [0.717, 1.165) is 15.5 Å². The van der Waals surface area contributed by atoms with Crippen molar-refractivity contribution >= 4 is 29.1 Å². The SMILES string of the molecule is COC(=O)[C@@H]1C(=O)C2=C(C[C@@H]1C)NC(C)=C(C(=O)OC(C)C)[C@@H]2c1ccc(C)s1. The molecule has 6 nitrogen and oxygen atoms in total. The Morgan fingerprint density at radius 2 is 1.93 bits per heavy atom. The van der Waals surface area contributed by atoms with E-state index >= 15 is 0 Å². The number of carbonyl (C=O) groups is 3. The Hall–Kier alpha value is -2.41. The average molecular weight is 418 g/mol. The number of thiophene rings is 1. The number of aryl methyl sites for hydroxylation is 1. The molecule has 3 rings (SSSR count). The standard InChI is InChI=1S/C22H27NO5S/c1-10(2)28-22(26)17-13(5)23-14-9-11(3)16(21(25)27-6)20(24)18(14)19(17)15-8-7-12(4)29-15/h7-8,10-11,16,19,23H,9H2,1-6H3/t11-,16-,19-/m0/s1. The molecule has 1 aliphatic carbocycles. The first-order valence-corrected chi connectivity index (χ1v) is 10.6. The van der Waals surface area contributed by atoms with Gasteiger partial charge in [-0.1, -0.05) is 6.92 Å². The first kappa shape index (κ1) is 21.3. The van der Waals surface area contributed by atoms with Crippen LogP contribution in [0.5, 0.6) is 0 Å².